The zero-order chi connectivity index (χ0) is 43.7. The number of rotatable bonds is 48. The molecule has 0 radical (unpaired) electrons. The van der Waals surface area contributed by atoms with Crippen LogP contribution in [0.25, 0.3) is 0 Å². The van der Waals surface area contributed by atoms with Crippen LogP contribution in [0.4, 0.5) is 0 Å². The summed E-state index contributed by atoms with van der Waals surface area (Å²) in [6, 6.07) is -0.648. The fourth-order valence-electron chi connectivity index (χ4n) is 7.80. The van der Waals surface area contributed by atoms with Crippen LogP contribution >= 0.6 is 0 Å². The number of allylic oxidation sites excluding steroid dienone is 5. The Bertz CT molecular complexity index is 977. The first kappa shape index (κ1) is 58.1. The first-order valence-corrected chi connectivity index (χ1v) is 26.3. The number of carbonyl (C=O) groups is 2. The summed E-state index contributed by atoms with van der Waals surface area (Å²) >= 11 is 0. The van der Waals surface area contributed by atoms with Crippen molar-refractivity contribution in [2.45, 2.75) is 283 Å². The first-order chi connectivity index (χ1) is 29.5. The molecule has 3 N–H and O–H groups in total. The van der Waals surface area contributed by atoms with Crippen molar-refractivity contribution in [1.29, 1.82) is 0 Å². The second-order valence-electron chi connectivity index (χ2n) is 17.8. The van der Waals surface area contributed by atoms with E-state index in [1.54, 1.807) is 6.08 Å². The lowest BCUT2D eigenvalue weighted by Crippen LogP contribution is -2.45. The molecule has 60 heavy (non-hydrogen) atoms. The highest BCUT2D eigenvalue weighted by atomic mass is 16.5. The number of ether oxygens (including phenoxy) is 1. The van der Waals surface area contributed by atoms with Crippen LogP contribution in [0.5, 0.6) is 0 Å². The average Bonchev–Trinajstić information content (AvgIpc) is 3.25. The van der Waals surface area contributed by atoms with Gasteiger partial charge in [0, 0.05) is 12.8 Å². The van der Waals surface area contributed by atoms with Gasteiger partial charge in [0.2, 0.25) is 5.91 Å². The number of carbonyl (C=O) groups excluding carboxylic acids is 2. The third kappa shape index (κ3) is 45.6. The largest absolute Gasteiger partial charge is 0.466 e. The Morgan fingerprint density at radius 3 is 1.22 bits per heavy atom. The first-order valence-electron chi connectivity index (χ1n) is 26.3. The van der Waals surface area contributed by atoms with Crippen molar-refractivity contribution in [1.82, 2.24) is 5.32 Å². The van der Waals surface area contributed by atoms with Gasteiger partial charge >= 0.3 is 5.97 Å². The molecule has 0 heterocycles. The van der Waals surface area contributed by atoms with Crippen molar-refractivity contribution in [2.24, 2.45) is 0 Å². The number of amides is 1. The van der Waals surface area contributed by atoms with Gasteiger partial charge in [-0.05, 0) is 83.5 Å². The summed E-state index contributed by atoms with van der Waals surface area (Å²) in [5.74, 6) is -0.122. The van der Waals surface area contributed by atoms with Crippen molar-refractivity contribution in [3.05, 3.63) is 36.5 Å². The topological polar surface area (TPSA) is 95.9 Å². The molecular weight excluding hydrogens is 743 g/mol. The molecule has 0 aromatic carbocycles. The molecule has 6 nitrogen and oxygen atoms in total. The molecule has 1 amide bonds. The highest BCUT2D eigenvalue weighted by molar-refractivity contribution is 5.76. The van der Waals surface area contributed by atoms with Gasteiger partial charge in [-0.2, -0.15) is 0 Å². The van der Waals surface area contributed by atoms with E-state index in [0.29, 0.717) is 19.4 Å². The Morgan fingerprint density at radius 1 is 0.450 bits per heavy atom. The van der Waals surface area contributed by atoms with E-state index in [9.17, 15) is 19.8 Å². The molecule has 0 aromatic heterocycles. The predicted octanol–water partition coefficient (Wildman–Crippen LogP) is 15.7. The lowest BCUT2D eigenvalue weighted by atomic mass is 10.0. The van der Waals surface area contributed by atoms with E-state index < -0.39 is 12.1 Å². The molecule has 0 rings (SSSR count). The smallest absolute Gasteiger partial charge is 0.305 e. The number of aliphatic hydroxyl groups is 2. The Balaban J connectivity index is 3.55. The Labute approximate surface area is 373 Å². The zero-order valence-corrected chi connectivity index (χ0v) is 39.9. The van der Waals surface area contributed by atoms with Crippen molar-refractivity contribution in [3.63, 3.8) is 0 Å². The van der Waals surface area contributed by atoms with Crippen LogP contribution in [0, 0.1) is 0 Å². The van der Waals surface area contributed by atoms with Gasteiger partial charge in [-0.1, -0.05) is 211 Å². The molecular formula is C54H101NO5. The van der Waals surface area contributed by atoms with E-state index >= 15 is 0 Å². The minimum Gasteiger partial charge on any atom is -0.466 e. The number of aliphatic hydroxyl groups excluding tert-OH is 2. The highest BCUT2D eigenvalue weighted by Gasteiger charge is 2.18. The maximum atomic E-state index is 12.4. The van der Waals surface area contributed by atoms with Crippen LogP contribution in [0.3, 0.4) is 0 Å². The Hall–Kier alpha value is -1.92. The monoisotopic (exact) mass is 844 g/mol. The second-order valence-corrected chi connectivity index (χ2v) is 17.8. The molecule has 6 heteroatoms. The van der Waals surface area contributed by atoms with Gasteiger partial charge in [-0.15, -0.1) is 0 Å². The number of hydrogen-bond donors (Lipinski definition) is 3. The fraction of sp³-hybridized carbons (Fsp3) is 0.852. The molecule has 0 aliphatic carbocycles. The standard InChI is InChI=1S/C54H101NO5/c1-3-5-7-9-11-13-15-17-18-19-20-23-26-30-34-38-42-46-52(57)51(50-56)55-53(58)47-43-39-35-31-27-24-21-25-29-33-37-41-45-49-60-54(59)48-44-40-36-32-28-22-16-14-12-10-8-6-4-2/h14,16,24,27,42,46,51-52,56-57H,3-13,15,17-23,25-26,28-41,43-45,47-50H2,1-2H3,(H,55,58)/b16-14-,27-24-,46-42+. The quantitative estimate of drug-likeness (QED) is 0.0322. The summed E-state index contributed by atoms with van der Waals surface area (Å²) in [5.41, 5.74) is 0. The van der Waals surface area contributed by atoms with Crippen molar-refractivity contribution < 1.29 is 24.5 Å². The molecule has 2 unspecified atom stereocenters. The van der Waals surface area contributed by atoms with Crippen LogP contribution in [-0.4, -0.2) is 47.4 Å². The number of nitrogens with one attached hydrogen (secondary N) is 1. The summed E-state index contributed by atoms with van der Waals surface area (Å²) in [7, 11) is 0. The van der Waals surface area contributed by atoms with E-state index in [0.717, 1.165) is 70.6 Å². The van der Waals surface area contributed by atoms with E-state index in [1.165, 1.54) is 173 Å². The van der Waals surface area contributed by atoms with Crippen LogP contribution in [-0.2, 0) is 14.3 Å². The zero-order valence-electron chi connectivity index (χ0n) is 39.9. The molecule has 0 spiro atoms. The Morgan fingerprint density at radius 2 is 0.783 bits per heavy atom. The maximum absolute atomic E-state index is 12.4. The maximum Gasteiger partial charge on any atom is 0.305 e. The molecule has 0 bridgehead atoms. The third-order valence-electron chi connectivity index (χ3n) is 11.9. The van der Waals surface area contributed by atoms with Gasteiger partial charge in [-0.3, -0.25) is 9.59 Å². The molecule has 0 aliphatic heterocycles. The van der Waals surface area contributed by atoms with Crippen molar-refractivity contribution in [3.8, 4) is 0 Å². The van der Waals surface area contributed by atoms with Crippen LogP contribution in [0.15, 0.2) is 36.5 Å². The van der Waals surface area contributed by atoms with Gasteiger partial charge in [0.15, 0.2) is 0 Å². The fourth-order valence-corrected chi connectivity index (χ4v) is 7.80. The van der Waals surface area contributed by atoms with E-state index in [4.69, 9.17) is 4.74 Å². The van der Waals surface area contributed by atoms with Gasteiger partial charge in [0.25, 0.3) is 0 Å². The van der Waals surface area contributed by atoms with Crippen LogP contribution in [0.1, 0.15) is 271 Å². The summed E-state index contributed by atoms with van der Waals surface area (Å²) in [5, 5.41) is 23.1. The lowest BCUT2D eigenvalue weighted by Gasteiger charge is -2.19. The van der Waals surface area contributed by atoms with E-state index in [-0.39, 0.29) is 18.5 Å². The average molecular weight is 844 g/mol. The molecule has 0 fully saturated rings. The summed E-state index contributed by atoms with van der Waals surface area (Å²) in [6.45, 7) is 4.84. The van der Waals surface area contributed by atoms with Gasteiger partial charge in [0.05, 0.1) is 25.4 Å². The molecule has 0 aliphatic rings. The molecule has 0 saturated carbocycles. The number of unbranched alkanes of at least 4 members (excludes halogenated alkanes) is 33. The van der Waals surface area contributed by atoms with Gasteiger partial charge in [0.1, 0.15) is 0 Å². The normalized spacial score (nSPS) is 12.9. The number of hydrogen-bond acceptors (Lipinski definition) is 5. The minimum absolute atomic E-state index is 0.0237. The number of esters is 1. The third-order valence-corrected chi connectivity index (χ3v) is 11.9. The minimum atomic E-state index is -0.862. The van der Waals surface area contributed by atoms with E-state index in [2.05, 4.69) is 43.5 Å². The molecule has 0 saturated heterocycles. The van der Waals surface area contributed by atoms with Crippen molar-refractivity contribution >= 4 is 11.9 Å². The van der Waals surface area contributed by atoms with Crippen LogP contribution < -0.4 is 5.32 Å². The molecule has 0 aromatic rings. The summed E-state index contributed by atoms with van der Waals surface area (Å²) in [4.78, 5) is 24.4. The molecule has 2 atom stereocenters. The van der Waals surface area contributed by atoms with Crippen LogP contribution in [0.2, 0.25) is 0 Å². The van der Waals surface area contributed by atoms with E-state index in [1.807, 2.05) is 6.08 Å². The SMILES string of the molecule is CCCCCC/C=C\CCCCCCCC(=O)OCCCCCCCC/C=C\CCCCCC(=O)NC(CO)C(O)/C=C/CCCCCCCCCCCCCCCCC. The lowest BCUT2D eigenvalue weighted by molar-refractivity contribution is -0.143. The highest BCUT2D eigenvalue weighted by Crippen LogP contribution is 2.15. The van der Waals surface area contributed by atoms with Crippen molar-refractivity contribution in [2.75, 3.05) is 13.2 Å². The second kappa shape index (κ2) is 49.7. The summed E-state index contributed by atoms with van der Waals surface area (Å²) < 4.78 is 5.44. The van der Waals surface area contributed by atoms with Gasteiger partial charge < -0.3 is 20.3 Å². The van der Waals surface area contributed by atoms with Gasteiger partial charge in [-0.25, -0.2) is 0 Å². The predicted molar refractivity (Wildman–Crippen MR) is 259 cm³/mol. The Kier molecular flexibility index (Phi) is 48.1. The summed E-state index contributed by atoms with van der Waals surface area (Å²) in [6.07, 6.45) is 60.0. The molecule has 352 valence electrons.